The van der Waals surface area contributed by atoms with Crippen LogP contribution in [0.15, 0.2) is 29.1 Å². The molecule has 0 unspecified atom stereocenters. The van der Waals surface area contributed by atoms with Gasteiger partial charge in [-0.3, -0.25) is 4.79 Å². The Morgan fingerprint density at radius 1 is 1.28 bits per heavy atom. The number of pyridine rings is 2. The Kier molecular flexibility index (Phi) is 4.61. The van der Waals surface area contributed by atoms with E-state index in [1.165, 1.54) is 7.11 Å². The lowest BCUT2D eigenvalue weighted by Gasteiger charge is -2.35. The monoisotopic (exact) mass is 435 g/mol. The zero-order chi connectivity index (χ0) is 22.8. The summed E-state index contributed by atoms with van der Waals surface area (Å²) in [5, 5.41) is 11.3. The zero-order valence-electron chi connectivity index (χ0n) is 18.6. The maximum atomic E-state index is 13.4. The molecule has 1 N–H and O–H groups in total. The Labute approximate surface area is 185 Å². The molecule has 0 bridgehead atoms. The summed E-state index contributed by atoms with van der Waals surface area (Å²) in [6, 6.07) is 7.30. The van der Waals surface area contributed by atoms with Crippen LogP contribution in [0.5, 0.6) is 5.75 Å². The number of phenols is 1. The molecular formula is C24H25N3O5. The van der Waals surface area contributed by atoms with Crippen LogP contribution < -0.4 is 5.56 Å². The maximum absolute atomic E-state index is 13.4. The first-order valence-electron chi connectivity index (χ1n) is 10.6. The number of aromatic hydroxyl groups is 1. The van der Waals surface area contributed by atoms with Crippen LogP contribution in [-0.4, -0.2) is 46.7 Å². The molecule has 8 nitrogen and oxygen atoms in total. The SMILES string of the molecule is CC[C@@]1(OC)C(=O)OCc2c1cc1n(c2=O)Cc2cc3c(CN(C)C)c(O)ccc3nc2-1. The zero-order valence-corrected chi connectivity index (χ0v) is 18.6. The summed E-state index contributed by atoms with van der Waals surface area (Å²) >= 11 is 0. The first-order chi connectivity index (χ1) is 15.3. The third-order valence-corrected chi connectivity index (χ3v) is 6.57. The van der Waals surface area contributed by atoms with Gasteiger partial charge in [-0.2, -0.15) is 0 Å². The summed E-state index contributed by atoms with van der Waals surface area (Å²) in [4.78, 5) is 32.9. The summed E-state index contributed by atoms with van der Waals surface area (Å²) in [6.07, 6.45) is 0.351. The van der Waals surface area contributed by atoms with Gasteiger partial charge < -0.3 is 24.0 Å². The van der Waals surface area contributed by atoms with Crippen LogP contribution in [0.2, 0.25) is 0 Å². The molecule has 1 aromatic carbocycles. The van der Waals surface area contributed by atoms with E-state index in [9.17, 15) is 14.7 Å². The van der Waals surface area contributed by atoms with Crippen LogP contribution in [0.25, 0.3) is 22.3 Å². The molecule has 166 valence electrons. The maximum Gasteiger partial charge on any atom is 0.343 e. The van der Waals surface area contributed by atoms with E-state index in [4.69, 9.17) is 14.5 Å². The molecule has 8 heteroatoms. The number of ether oxygens (including phenoxy) is 2. The average Bonchev–Trinajstić information content (AvgIpc) is 3.13. The molecule has 2 aliphatic heterocycles. The molecule has 5 rings (SSSR count). The number of hydrogen-bond donors (Lipinski definition) is 1. The largest absolute Gasteiger partial charge is 0.508 e. The van der Waals surface area contributed by atoms with Crippen molar-refractivity contribution in [3.63, 3.8) is 0 Å². The number of phenolic OH excluding ortho intramolecular Hbond substituents is 1. The highest BCUT2D eigenvalue weighted by Gasteiger charge is 2.47. The van der Waals surface area contributed by atoms with Crippen LogP contribution in [-0.2, 0) is 39.6 Å². The van der Waals surface area contributed by atoms with Crippen molar-refractivity contribution < 1.29 is 19.4 Å². The van der Waals surface area contributed by atoms with Gasteiger partial charge in [-0.25, -0.2) is 9.78 Å². The number of hydrogen-bond acceptors (Lipinski definition) is 7. The Morgan fingerprint density at radius 3 is 2.75 bits per heavy atom. The van der Waals surface area contributed by atoms with Crippen molar-refractivity contribution in [1.82, 2.24) is 14.5 Å². The van der Waals surface area contributed by atoms with Gasteiger partial charge in [0.25, 0.3) is 5.56 Å². The predicted molar refractivity (Wildman–Crippen MR) is 118 cm³/mol. The third kappa shape index (κ3) is 2.73. The number of aromatic nitrogens is 2. The second-order valence-electron chi connectivity index (χ2n) is 8.64. The summed E-state index contributed by atoms with van der Waals surface area (Å²) in [7, 11) is 5.35. The second kappa shape index (κ2) is 7.15. The van der Waals surface area contributed by atoms with E-state index < -0.39 is 11.6 Å². The minimum Gasteiger partial charge on any atom is -0.508 e. The lowest BCUT2D eigenvalue weighted by molar-refractivity contribution is -0.176. The fourth-order valence-electron chi connectivity index (χ4n) is 4.91. The first-order valence-corrected chi connectivity index (χ1v) is 10.6. The lowest BCUT2D eigenvalue weighted by Crippen LogP contribution is -2.45. The van der Waals surface area contributed by atoms with Gasteiger partial charge in [0.05, 0.1) is 29.0 Å². The van der Waals surface area contributed by atoms with Gasteiger partial charge in [0.1, 0.15) is 12.4 Å². The number of fused-ring (bicyclic) bond motifs is 5. The summed E-state index contributed by atoms with van der Waals surface area (Å²) in [6.45, 7) is 2.71. The van der Waals surface area contributed by atoms with Gasteiger partial charge in [0, 0.05) is 35.7 Å². The Hall–Kier alpha value is -3.23. The van der Waals surface area contributed by atoms with Crippen molar-refractivity contribution in [2.75, 3.05) is 21.2 Å². The fraction of sp³-hybridized carbons (Fsp3) is 0.375. The number of esters is 1. The third-order valence-electron chi connectivity index (χ3n) is 6.57. The molecule has 1 atom stereocenters. The van der Waals surface area contributed by atoms with Gasteiger partial charge in [0.15, 0.2) is 5.60 Å². The smallest absolute Gasteiger partial charge is 0.343 e. The van der Waals surface area contributed by atoms with Crippen molar-refractivity contribution in [2.24, 2.45) is 0 Å². The fourth-order valence-corrected chi connectivity index (χ4v) is 4.91. The van der Waals surface area contributed by atoms with E-state index in [0.29, 0.717) is 42.0 Å². The molecule has 0 spiro atoms. The van der Waals surface area contributed by atoms with E-state index in [1.54, 1.807) is 16.7 Å². The highest BCUT2D eigenvalue weighted by atomic mass is 16.6. The summed E-state index contributed by atoms with van der Waals surface area (Å²) in [5.74, 6) is -0.257. The molecule has 32 heavy (non-hydrogen) atoms. The number of rotatable bonds is 4. The van der Waals surface area contributed by atoms with Gasteiger partial charge >= 0.3 is 5.97 Å². The standard InChI is InChI=1S/C24H25N3O5/c1-5-24(31-4)17-9-19-21-13(10-27(19)22(29)16(17)12-32-23(24)30)8-14-15(11-26(2)3)20(28)7-6-18(14)25-21/h6-9,28H,5,10-12H2,1-4H3/t24-/m0/s1. The van der Waals surface area contributed by atoms with E-state index in [2.05, 4.69) is 0 Å². The highest BCUT2D eigenvalue weighted by Crippen LogP contribution is 2.41. The summed E-state index contributed by atoms with van der Waals surface area (Å²) in [5.41, 5.74) is 3.32. The molecule has 2 aromatic heterocycles. The quantitative estimate of drug-likeness (QED) is 0.492. The second-order valence-corrected chi connectivity index (χ2v) is 8.64. The van der Waals surface area contributed by atoms with Gasteiger partial charge in [-0.15, -0.1) is 0 Å². The molecule has 3 aromatic rings. The Bertz CT molecular complexity index is 1340. The predicted octanol–water partition coefficient (Wildman–Crippen LogP) is 2.50. The summed E-state index contributed by atoms with van der Waals surface area (Å²) < 4.78 is 12.6. The molecule has 0 radical (unpaired) electrons. The molecule has 0 saturated heterocycles. The van der Waals surface area contributed by atoms with E-state index in [0.717, 1.165) is 22.0 Å². The molecule has 2 aliphatic rings. The molecule has 4 heterocycles. The number of nitrogens with zero attached hydrogens (tertiary/aromatic N) is 3. The van der Waals surface area contributed by atoms with Crippen molar-refractivity contribution in [3.8, 4) is 17.1 Å². The molecule has 0 saturated carbocycles. The van der Waals surface area contributed by atoms with Crippen molar-refractivity contribution in [1.29, 1.82) is 0 Å². The van der Waals surface area contributed by atoms with Crippen LogP contribution in [0.4, 0.5) is 0 Å². The highest BCUT2D eigenvalue weighted by molar-refractivity contribution is 5.89. The molecular weight excluding hydrogens is 410 g/mol. The van der Waals surface area contributed by atoms with E-state index in [-0.39, 0.29) is 17.9 Å². The molecule has 0 aliphatic carbocycles. The number of carbonyl (C=O) groups excluding carboxylic acids is 1. The van der Waals surface area contributed by atoms with Crippen LogP contribution in [0, 0.1) is 0 Å². The van der Waals surface area contributed by atoms with Crippen molar-refractivity contribution >= 4 is 16.9 Å². The van der Waals surface area contributed by atoms with Crippen LogP contribution in [0.1, 0.15) is 35.6 Å². The average molecular weight is 435 g/mol. The van der Waals surface area contributed by atoms with Gasteiger partial charge in [-0.05, 0) is 44.8 Å². The number of cyclic esters (lactones) is 1. The van der Waals surface area contributed by atoms with Crippen molar-refractivity contribution in [3.05, 3.63) is 56.9 Å². The number of carbonyl (C=O) groups is 1. The minimum atomic E-state index is -1.30. The van der Waals surface area contributed by atoms with Crippen molar-refractivity contribution in [2.45, 2.75) is 38.6 Å². The molecule has 0 amide bonds. The normalized spacial score (nSPS) is 19.1. The Balaban J connectivity index is 1.75. The molecule has 0 fully saturated rings. The van der Waals surface area contributed by atoms with E-state index in [1.807, 2.05) is 38.1 Å². The Morgan fingerprint density at radius 2 is 2.06 bits per heavy atom. The number of methoxy groups -OCH3 is 1. The van der Waals surface area contributed by atoms with Gasteiger partial charge in [0.2, 0.25) is 0 Å². The van der Waals surface area contributed by atoms with Crippen LogP contribution in [0.3, 0.4) is 0 Å². The lowest BCUT2D eigenvalue weighted by atomic mass is 9.85. The first kappa shape index (κ1) is 20.7. The topological polar surface area (TPSA) is 93.9 Å². The van der Waals surface area contributed by atoms with Gasteiger partial charge in [-0.1, -0.05) is 6.92 Å². The van der Waals surface area contributed by atoms with E-state index >= 15 is 0 Å². The van der Waals surface area contributed by atoms with Crippen LogP contribution >= 0.6 is 0 Å². The number of benzene rings is 1. The minimum absolute atomic E-state index is 0.0645.